The smallest absolute Gasteiger partial charge is 0.419 e. The number of carbonyl (C=O) groups is 2. The minimum absolute atomic E-state index is 0.364. The fourth-order valence-corrected chi connectivity index (χ4v) is 1.42. The highest BCUT2D eigenvalue weighted by Crippen LogP contribution is 2.32. The van der Waals surface area contributed by atoms with E-state index >= 15 is 0 Å². The van der Waals surface area contributed by atoms with Crippen LogP contribution in [0.3, 0.4) is 0 Å². The Morgan fingerprint density at radius 2 is 1.85 bits per heavy atom. The van der Waals surface area contributed by atoms with Crippen molar-refractivity contribution in [3.05, 3.63) is 35.1 Å². The molecule has 1 amide bonds. The summed E-state index contributed by atoms with van der Waals surface area (Å²) in [6.45, 7) is 1.20. The van der Waals surface area contributed by atoms with Gasteiger partial charge in [0.15, 0.2) is 0 Å². The molecule has 0 fully saturated rings. The van der Waals surface area contributed by atoms with E-state index in [9.17, 15) is 27.2 Å². The predicted octanol–water partition coefficient (Wildman–Crippen LogP) is 2.39. The number of likely N-dealkylation sites (N-methyl/N-ethyl adjacent to an activating group) is 1. The minimum Gasteiger partial charge on any atom is -0.480 e. The lowest BCUT2D eigenvalue weighted by molar-refractivity contribution is -0.141. The van der Waals surface area contributed by atoms with Crippen molar-refractivity contribution in [1.82, 2.24) is 4.90 Å². The van der Waals surface area contributed by atoms with Crippen LogP contribution in [-0.4, -0.2) is 35.0 Å². The molecule has 110 valence electrons. The standard InChI is InChI=1S/C12H11F4NO3/c1-6(11(19)20)17(2)10(18)7-3-4-9(13)8(5-7)12(14,15)16/h3-6H,1-2H3,(H,19,20). The molecule has 20 heavy (non-hydrogen) atoms. The Hall–Kier alpha value is -2.12. The summed E-state index contributed by atoms with van der Waals surface area (Å²) >= 11 is 0. The second kappa shape index (κ2) is 5.48. The van der Waals surface area contributed by atoms with Crippen LogP contribution in [0.4, 0.5) is 17.6 Å². The molecule has 1 N–H and O–H groups in total. The average molecular weight is 293 g/mol. The lowest BCUT2D eigenvalue weighted by Gasteiger charge is -2.22. The number of hydrogen-bond donors (Lipinski definition) is 1. The Morgan fingerprint density at radius 1 is 1.30 bits per heavy atom. The Labute approximate surface area is 111 Å². The number of hydrogen-bond acceptors (Lipinski definition) is 2. The molecule has 1 unspecified atom stereocenters. The molecule has 1 rings (SSSR count). The Kier molecular flexibility index (Phi) is 4.36. The van der Waals surface area contributed by atoms with Crippen LogP contribution in [0.15, 0.2) is 18.2 Å². The van der Waals surface area contributed by atoms with Gasteiger partial charge in [-0.05, 0) is 25.1 Å². The summed E-state index contributed by atoms with van der Waals surface area (Å²) in [4.78, 5) is 23.3. The number of alkyl halides is 3. The fraction of sp³-hybridized carbons (Fsp3) is 0.333. The second-order valence-electron chi connectivity index (χ2n) is 4.12. The molecule has 8 heteroatoms. The fourth-order valence-electron chi connectivity index (χ4n) is 1.42. The number of aliphatic carboxylic acids is 1. The van der Waals surface area contributed by atoms with Crippen molar-refractivity contribution in [2.24, 2.45) is 0 Å². The maximum absolute atomic E-state index is 13.1. The molecule has 0 aliphatic carbocycles. The third kappa shape index (κ3) is 3.25. The number of carbonyl (C=O) groups excluding carboxylic acids is 1. The summed E-state index contributed by atoms with van der Waals surface area (Å²) in [5.41, 5.74) is -2.01. The van der Waals surface area contributed by atoms with Crippen molar-refractivity contribution in [2.75, 3.05) is 7.05 Å². The first-order chi connectivity index (χ1) is 9.05. The molecule has 0 aromatic heterocycles. The summed E-state index contributed by atoms with van der Waals surface area (Å²) in [7, 11) is 1.14. The maximum Gasteiger partial charge on any atom is 0.419 e. The van der Waals surface area contributed by atoms with Gasteiger partial charge in [-0.15, -0.1) is 0 Å². The molecule has 0 heterocycles. The van der Waals surface area contributed by atoms with Crippen molar-refractivity contribution < 1.29 is 32.3 Å². The summed E-state index contributed by atoms with van der Waals surface area (Å²) in [6, 6.07) is 0.539. The Bertz CT molecular complexity index is 542. The first kappa shape index (κ1) is 15.9. The van der Waals surface area contributed by atoms with Gasteiger partial charge in [-0.3, -0.25) is 4.79 Å². The van der Waals surface area contributed by atoms with Crippen molar-refractivity contribution in [3.8, 4) is 0 Å². The first-order valence-corrected chi connectivity index (χ1v) is 5.42. The van der Waals surface area contributed by atoms with Crippen LogP contribution in [0, 0.1) is 5.82 Å². The number of nitrogens with zero attached hydrogens (tertiary/aromatic N) is 1. The van der Waals surface area contributed by atoms with E-state index in [0.29, 0.717) is 12.1 Å². The molecule has 1 atom stereocenters. The van der Waals surface area contributed by atoms with E-state index < -0.39 is 41.0 Å². The van der Waals surface area contributed by atoms with Crippen LogP contribution in [-0.2, 0) is 11.0 Å². The number of carboxylic acid groups (broad SMARTS) is 1. The van der Waals surface area contributed by atoms with E-state index in [1.165, 1.54) is 6.92 Å². The van der Waals surface area contributed by atoms with Crippen LogP contribution < -0.4 is 0 Å². The first-order valence-electron chi connectivity index (χ1n) is 5.42. The predicted molar refractivity (Wildman–Crippen MR) is 60.6 cm³/mol. The molecule has 1 aromatic carbocycles. The monoisotopic (exact) mass is 293 g/mol. The van der Waals surface area contributed by atoms with Gasteiger partial charge in [0, 0.05) is 12.6 Å². The zero-order valence-corrected chi connectivity index (χ0v) is 10.5. The summed E-state index contributed by atoms with van der Waals surface area (Å²) in [5.74, 6) is -3.74. The van der Waals surface area contributed by atoms with E-state index in [1.54, 1.807) is 0 Å². The molecule has 0 bridgehead atoms. The second-order valence-corrected chi connectivity index (χ2v) is 4.12. The van der Waals surface area contributed by atoms with Gasteiger partial charge in [-0.2, -0.15) is 13.2 Å². The average Bonchev–Trinajstić information content (AvgIpc) is 2.35. The maximum atomic E-state index is 13.1. The molecule has 0 saturated carbocycles. The quantitative estimate of drug-likeness (QED) is 0.871. The van der Waals surface area contributed by atoms with Gasteiger partial charge in [0.05, 0.1) is 5.56 Å². The van der Waals surface area contributed by atoms with Crippen LogP contribution in [0.5, 0.6) is 0 Å². The molecular weight excluding hydrogens is 282 g/mol. The molecule has 4 nitrogen and oxygen atoms in total. The molecule has 0 spiro atoms. The van der Waals surface area contributed by atoms with E-state index in [0.717, 1.165) is 18.0 Å². The van der Waals surface area contributed by atoms with E-state index in [1.807, 2.05) is 0 Å². The van der Waals surface area contributed by atoms with E-state index in [4.69, 9.17) is 5.11 Å². The van der Waals surface area contributed by atoms with Crippen LogP contribution in [0.25, 0.3) is 0 Å². The summed E-state index contributed by atoms with van der Waals surface area (Å²) < 4.78 is 50.6. The van der Waals surface area contributed by atoms with E-state index in [-0.39, 0.29) is 0 Å². The zero-order valence-electron chi connectivity index (χ0n) is 10.5. The highest BCUT2D eigenvalue weighted by atomic mass is 19.4. The van der Waals surface area contributed by atoms with Crippen LogP contribution >= 0.6 is 0 Å². The minimum atomic E-state index is -4.93. The summed E-state index contributed by atoms with van der Waals surface area (Å²) in [5, 5.41) is 8.74. The van der Waals surface area contributed by atoms with Crippen molar-refractivity contribution in [3.63, 3.8) is 0 Å². The van der Waals surface area contributed by atoms with Gasteiger partial charge in [0.2, 0.25) is 0 Å². The lowest BCUT2D eigenvalue weighted by Crippen LogP contribution is -2.40. The van der Waals surface area contributed by atoms with Crippen LogP contribution in [0.2, 0.25) is 0 Å². The molecule has 1 aromatic rings. The Morgan fingerprint density at radius 3 is 2.30 bits per heavy atom. The number of rotatable bonds is 3. The third-order valence-corrected chi connectivity index (χ3v) is 2.78. The number of amides is 1. The van der Waals surface area contributed by atoms with Gasteiger partial charge in [-0.25, -0.2) is 9.18 Å². The topological polar surface area (TPSA) is 57.6 Å². The number of carboxylic acids is 1. The van der Waals surface area contributed by atoms with Crippen molar-refractivity contribution in [1.29, 1.82) is 0 Å². The SMILES string of the molecule is CC(C(=O)O)N(C)C(=O)c1ccc(F)c(C(F)(F)F)c1. The van der Waals surface area contributed by atoms with Gasteiger partial charge in [0.1, 0.15) is 11.9 Å². The van der Waals surface area contributed by atoms with E-state index in [2.05, 4.69) is 0 Å². The molecule has 0 saturated heterocycles. The van der Waals surface area contributed by atoms with Crippen LogP contribution in [0.1, 0.15) is 22.8 Å². The molecule has 0 radical (unpaired) electrons. The Balaban J connectivity index is 3.15. The highest BCUT2D eigenvalue weighted by molar-refractivity contribution is 5.96. The summed E-state index contributed by atoms with van der Waals surface area (Å²) in [6.07, 6.45) is -4.93. The number of halogens is 4. The molecule has 0 aliphatic heterocycles. The van der Waals surface area contributed by atoms with Crippen molar-refractivity contribution in [2.45, 2.75) is 19.1 Å². The zero-order chi connectivity index (χ0) is 15.7. The largest absolute Gasteiger partial charge is 0.480 e. The van der Waals surface area contributed by atoms with Gasteiger partial charge in [0.25, 0.3) is 5.91 Å². The molecular formula is C12H11F4NO3. The van der Waals surface area contributed by atoms with Gasteiger partial charge in [-0.1, -0.05) is 0 Å². The van der Waals surface area contributed by atoms with Gasteiger partial charge >= 0.3 is 12.1 Å². The van der Waals surface area contributed by atoms with Crippen molar-refractivity contribution >= 4 is 11.9 Å². The third-order valence-electron chi connectivity index (χ3n) is 2.78. The highest BCUT2D eigenvalue weighted by Gasteiger charge is 2.35. The normalized spacial score (nSPS) is 12.9. The number of benzene rings is 1. The van der Waals surface area contributed by atoms with Gasteiger partial charge < -0.3 is 10.0 Å². The molecule has 0 aliphatic rings. The lowest BCUT2D eigenvalue weighted by atomic mass is 10.1.